The van der Waals surface area contributed by atoms with E-state index in [0.717, 1.165) is 5.56 Å². The van der Waals surface area contributed by atoms with Crippen LogP contribution in [0.4, 0.5) is 0 Å². The van der Waals surface area contributed by atoms with Crippen molar-refractivity contribution in [1.29, 1.82) is 0 Å². The third-order valence-electron chi connectivity index (χ3n) is 4.28. The molecule has 1 atom stereocenters. The van der Waals surface area contributed by atoms with Gasteiger partial charge in [0.25, 0.3) is 0 Å². The van der Waals surface area contributed by atoms with E-state index in [1.807, 2.05) is 30.3 Å². The predicted octanol–water partition coefficient (Wildman–Crippen LogP) is 4.55. The monoisotopic (exact) mass is 369 g/mol. The molecule has 0 amide bonds. The highest BCUT2D eigenvalue weighted by Gasteiger charge is 2.50. The first-order valence-corrected chi connectivity index (χ1v) is 9.58. The number of sulfonamides is 1. The van der Waals surface area contributed by atoms with Crippen LogP contribution in [0.25, 0.3) is 0 Å². The van der Waals surface area contributed by atoms with Gasteiger partial charge in [-0.1, -0.05) is 53.5 Å². The van der Waals surface area contributed by atoms with Crippen molar-refractivity contribution in [3.63, 3.8) is 0 Å². The van der Waals surface area contributed by atoms with Crippen molar-refractivity contribution in [3.05, 3.63) is 69.7 Å². The van der Waals surface area contributed by atoms with Gasteiger partial charge in [0.2, 0.25) is 10.0 Å². The van der Waals surface area contributed by atoms with Crippen molar-refractivity contribution in [2.24, 2.45) is 0 Å². The number of hydrogen-bond acceptors (Lipinski definition) is 2. The van der Waals surface area contributed by atoms with E-state index in [1.54, 1.807) is 25.1 Å². The molecule has 0 bridgehead atoms. The summed E-state index contributed by atoms with van der Waals surface area (Å²) >= 11 is 12.4. The quantitative estimate of drug-likeness (QED) is 0.839. The van der Waals surface area contributed by atoms with Gasteiger partial charge in [-0.3, -0.25) is 0 Å². The molecule has 23 heavy (non-hydrogen) atoms. The van der Waals surface area contributed by atoms with Gasteiger partial charge >= 0.3 is 0 Å². The highest BCUT2D eigenvalue weighted by Crippen LogP contribution is 2.43. The second kappa shape index (κ2) is 6.10. The molecule has 0 saturated heterocycles. The van der Waals surface area contributed by atoms with Crippen LogP contribution in [0, 0.1) is 0 Å². The minimum atomic E-state index is -3.46. The molecule has 0 aromatic heterocycles. The van der Waals surface area contributed by atoms with E-state index in [2.05, 4.69) is 4.72 Å². The van der Waals surface area contributed by atoms with Gasteiger partial charge in [0.15, 0.2) is 0 Å². The fourth-order valence-electron chi connectivity index (χ4n) is 2.43. The van der Waals surface area contributed by atoms with E-state index in [4.69, 9.17) is 23.2 Å². The highest BCUT2D eigenvalue weighted by molar-refractivity contribution is 7.91. The van der Waals surface area contributed by atoms with Crippen LogP contribution in [0.15, 0.2) is 48.5 Å². The molecule has 6 heteroatoms. The van der Waals surface area contributed by atoms with Crippen molar-refractivity contribution < 1.29 is 8.42 Å². The Balaban J connectivity index is 2.06. The lowest BCUT2D eigenvalue weighted by Crippen LogP contribution is -2.37. The third kappa shape index (κ3) is 3.41. The van der Waals surface area contributed by atoms with Crippen molar-refractivity contribution in [2.75, 3.05) is 0 Å². The summed E-state index contributed by atoms with van der Waals surface area (Å²) in [4.78, 5) is 0. The molecule has 1 N–H and O–H groups in total. The topological polar surface area (TPSA) is 46.2 Å². The maximum Gasteiger partial charge on any atom is 0.217 e. The van der Waals surface area contributed by atoms with Crippen molar-refractivity contribution >= 4 is 33.2 Å². The van der Waals surface area contributed by atoms with E-state index in [9.17, 15) is 8.42 Å². The Bertz CT molecular complexity index is 818. The standard InChI is InChI=1S/C17H17Cl2NO2S/c1-17(9-10-17)23(21,22)20-16(12-5-3-2-4-6-12)14-11-13(18)7-8-15(14)19/h2-8,11,16,20H,9-10H2,1H3. The second-order valence-electron chi connectivity index (χ2n) is 6.08. The Labute approximate surface area is 146 Å². The van der Waals surface area contributed by atoms with Gasteiger partial charge in [-0.2, -0.15) is 0 Å². The summed E-state index contributed by atoms with van der Waals surface area (Å²) in [7, 11) is -3.46. The first kappa shape index (κ1) is 16.8. The van der Waals surface area contributed by atoms with Gasteiger partial charge in [-0.05, 0) is 49.1 Å². The normalized spacial score (nSPS) is 17.7. The first-order valence-electron chi connectivity index (χ1n) is 7.34. The van der Waals surface area contributed by atoms with Crippen LogP contribution >= 0.6 is 23.2 Å². The molecule has 122 valence electrons. The summed E-state index contributed by atoms with van der Waals surface area (Å²) < 4.78 is 27.5. The SMILES string of the molecule is CC1(S(=O)(=O)NC(c2ccccc2)c2cc(Cl)ccc2Cl)CC1. The molecule has 3 nitrogen and oxygen atoms in total. The Morgan fingerprint density at radius 1 is 1.09 bits per heavy atom. The molecule has 3 rings (SSSR count). The predicted molar refractivity (Wildman–Crippen MR) is 94.4 cm³/mol. The molecular formula is C17H17Cl2NO2S. The number of rotatable bonds is 5. The molecule has 2 aromatic carbocycles. The molecule has 0 aliphatic heterocycles. The van der Waals surface area contributed by atoms with Crippen LogP contribution in [0.2, 0.25) is 10.0 Å². The van der Waals surface area contributed by atoms with Crippen LogP contribution in [0.1, 0.15) is 36.9 Å². The highest BCUT2D eigenvalue weighted by atomic mass is 35.5. The second-order valence-corrected chi connectivity index (χ2v) is 9.15. The molecule has 1 unspecified atom stereocenters. The molecule has 1 saturated carbocycles. The average Bonchev–Trinajstić information content (AvgIpc) is 3.28. The van der Waals surface area contributed by atoms with Crippen LogP contribution in [-0.4, -0.2) is 13.2 Å². The zero-order valence-corrected chi connectivity index (χ0v) is 14.9. The van der Waals surface area contributed by atoms with E-state index >= 15 is 0 Å². The lowest BCUT2D eigenvalue weighted by molar-refractivity contribution is 0.557. The molecule has 1 fully saturated rings. The Hall–Kier alpha value is -1.07. The first-order chi connectivity index (χ1) is 10.8. The summed E-state index contributed by atoms with van der Waals surface area (Å²) in [6, 6.07) is 13.9. The minimum absolute atomic E-state index is 0.479. The van der Waals surface area contributed by atoms with Crippen molar-refractivity contribution in [1.82, 2.24) is 4.72 Å². The van der Waals surface area contributed by atoms with Gasteiger partial charge in [0.1, 0.15) is 0 Å². The van der Waals surface area contributed by atoms with E-state index in [1.165, 1.54) is 0 Å². The van der Waals surface area contributed by atoms with Crippen LogP contribution in [0.3, 0.4) is 0 Å². The van der Waals surface area contributed by atoms with Gasteiger partial charge in [0, 0.05) is 10.0 Å². The Kier molecular flexibility index (Phi) is 4.45. The summed E-state index contributed by atoms with van der Waals surface area (Å²) in [6.07, 6.45) is 1.35. The van der Waals surface area contributed by atoms with Gasteiger partial charge in [-0.15, -0.1) is 0 Å². The van der Waals surface area contributed by atoms with Crippen molar-refractivity contribution in [2.45, 2.75) is 30.6 Å². The lowest BCUT2D eigenvalue weighted by atomic mass is 10.00. The molecule has 0 spiro atoms. The number of nitrogens with one attached hydrogen (secondary N) is 1. The maximum absolute atomic E-state index is 12.7. The molecule has 1 aliphatic rings. The van der Waals surface area contributed by atoms with Gasteiger partial charge in [0.05, 0.1) is 10.8 Å². The van der Waals surface area contributed by atoms with E-state index in [0.29, 0.717) is 28.5 Å². The largest absolute Gasteiger partial charge is 0.217 e. The van der Waals surface area contributed by atoms with E-state index in [-0.39, 0.29) is 0 Å². The Morgan fingerprint density at radius 2 is 1.74 bits per heavy atom. The summed E-state index contributed by atoms with van der Waals surface area (Å²) in [5.41, 5.74) is 1.47. The van der Waals surface area contributed by atoms with Crippen molar-refractivity contribution in [3.8, 4) is 0 Å². The number of halogens is 2. The van der Waals surface area contributed by atoms with Crippen LogP contribution < -0.4 is 4.72 Å². The summed E-state index contributed by atoms with van der Waals surface area (Å²) in [5.74, 6) is 0. The molecule has 2 aromatic rings. The minimum Gasteiger partial charge on any atom is -0.212 e. The lowest BCUT2D eigenvalue weighted by Gasteiger charge is -2.23. The zero-order chi connectivity index (χ0) is 16.7. The van der Waals surface area contributed by atoms with Crippen LogP contribution in [-0.2, 0) is 10.0 Å². The molecule has 0 radical (unpaired) electrons. The summed E-state index contributed by atoms with van der Waals surface area (Å²) in [6.45, 7) is 1.76. The molecule has 1 aliphatic carbocycles. The van der Waals surface area contributed by atoms with Gasteiger partial charge < -0.3 is 0 Å². The molecule has 0 heterocycles. The third-order valence-corrected chi connectivity index (χ3v) is 7.11. The number of benzene rings is 2. The fourth-order valence-corrected chi connectivity index (χ4v) is 4.34. The van der Waals surface area contributed by atoms with Crippen LogP contribution in [0.5, 0.6) is 0 Å². The zero-order valence-electron chi connectivity index (χ0n) is 12.6. The van der Waals surface area contributed by atoms with Gasteiger partial charge in [-0.25, -0.2) is 13.1 Å². The Morgan fingerprint density at radius 3 is 2.35 bits per heavy atom. The maximum atomic E-state index is 12.7. The fraction of sp³-hybridized carbons (Fsp3) is 0.294. The van der Waals surface area contributed by atoms with E-state index < -0.39 is 20.8 Å². The average molecular weight is 370 g/mol. The summed E-state index contributed by atoms with van der Waals surface area (Å²) in [5, 5.41) is 0.995. The number of hydrogen-bond donors (Lipinski definition) is 1. The molecular weight excluding hydrogens is 353 g/mol. The smallest absolute Gasteiger partial charge is 0.212 e.